The number of nitrogens with zero attached hydrogens (tertiary/aromatic N) is 8. The van der Waals surface area contributed by atoms with Crippen LogP contribution in [0.25, 0.3) is 22.1 Å². The molecule has 0 saturated carbocycles. The van der Waals surface area contributed by atoms with Gasteiger partial charge in [0.05, 0.1) is 53.4 Å². The molecule has 0 bridgehead atoms. The van der Waals surface area contributed by atoms with Crippen molar-refractivity contribution in [2.75, 3.05) is 14.2 Å². The molecule has 8 rings (SSSR count). The first-order chi connectivity index (χ1) is 47.9. The second-order valence-electron chi connectivity index (χ2n) is 25.4. The first-order valence-corrected chi connectivity index (χ1v) is 42.5. The van der Waals surface area contributed by atoms with Gasteiger partial charge in [-0.05, 0) is 220 Å². The van der Waals surface area contributed by atoms with Crippen LogP contribution in [0.2, 0.25) is 0 Å². The average molecular weight is 1570 g/mol. The lowest BCUT2D eigenvalue weighted by Crippen LogP contribution is -2.27. The molecular formula is C70H76N8O18S8. The van der Waals surface area contributed by atoms with Crippen molar-refractivity contribution in [3.05, 3.63) is 248 Å². The first-order valence-electron chi connectivity index (χ1n) is 30.6. The molecule has 0 atom stereocenters. The van der Waals surface area contributed by atoms with E-state index in [-0.39, 0.29) is 50.0 Å². The van der Waals surface area contributed by atoms with Gasteiger partial charge in [-0.3, -0.25) is 0 Å². The van der Waals surface area contributed by atoms with Crippen LogP contribution in [0.1, 0.15) is 97.2 Å². The van der Waals surface area contributed by atoms with Crippen molar-refractivity contribution in [3.8, 4) is 11.5 Å². The summed E-state index contributed by atoms with van der Waals surface area (Å²) in [6.45, 7) is 25.6. The molecule has 0 aliphatic carbocycles. The lowest BCUT2D eigenvalue weighted by atomic mass is 9.87. The number of hydrogen-bond acceptors (Lipinski definition) is 18. The van der Waals surface area contributed by atoms with E-state index in [0.717, 1.165) is 57.6 Å². The average Bonchev–Trinajstić information content (AvgIpc) is 0.781. The monoisotopic (exact) mass is 1570 g/mol. The SMILES string of the molecule is CC(C)(C)c1ccc(S(=O)(=O)C(=[N+]=[N-])S(=O)(=O)c2ccc(C(C)(C)C)cc2)cc1.COc1ccc(S(=O)(=O)C(=[N+]=[N-])S(=O)(=O)c2ccc(OC)cc2)cc1.Cc1ccc(S(=O)(=O)C(=[N+]=[N-])S(=O)(=O)c2ccc(C)c(C)c2)cc1C.Cc1ccc(S(=O)(=O)C(=[N+]=[N-])S(=O)(=O)c2ccc(C)cc2C)c(C)c1. The number of rotatable bonds is 10. The third kappa shape index (κ3) is 18.9. The molecule has 104 heavy (non-hydrogen) atoms. The van der Waals surface area contributed by atoms with Crippen LogP contribution in [0.4, 0.5) is 0 Å². The highest BCUT2D eigenvalue weighted by Gasteiger charge is 2.48. The Morgan fingerprint density at radius 3 is 0.702 bits per heavy atom. The summed E-state index contributed by atoms with van der Waals surface area (Å²) >= 11 is 0. The molecule has 8 aromatic carbocycles. The van der Waals surface area contributed by atoms with E-state index in [9.17, 15) is 83.9 Å². The minimum Gasteiger partial charge on any atom is -0.497 e. The van der Waals surface area contributed by atoms with Gasteiger partial charge in [0, 0.05) is 0 Å². The fraction of sp³-hybridized carbons (Fsp3) is 0.257. The van der Waals surface area contributed by atoms with Crippen molar-refractivity contribution in [2.45, 2.75) is 147 Å². The Labute approximate surface area is 607 Å². The van der Waals surface area contributed by atoms with E-state index < -0.39 is 96.2 Å². The Bertz CT molecular complexity index is 5520. The van der Waals surface area contributed by atoms with Crippen LogP contribution in [-0.2, 0) is 89.5 Å². The summed E-state index contributed by atoms with van der Waals surface area (Å²) in [4.78, 5) is 8.39. The summed E-state index contributed by atoms with van der Waals surface area (Å²) in [5, 5.41) is 0. The van der Waals surface area contributed by atoms with Gasteiger partial charge in [0.25, 0.3) is 78.7 Å². The van der Waals surface area contributed by atoms with E-state index >= 15 is 0 Å². The molecule has 0 aliphatic heterocycles. The molecule has 0 saturated heterocycles. The van der Waals surface area contributed by atoms with Crippen molar-refractivity contribution in [2.24, 2.45) is 0 Å². The van der Waals surface area contributed by atoms with Crippen LogP contribution in [-0.4, -0.2) is 118 Å². The van der Waals surface area contributed by atoms with Gasteiger partial charge >= 0.3 is 17.5 Å². The number of ether oxygens (including phenoxy) is 2. The van der Waals surface area contributed by atoms with E-state index in [2.05, 4.69) is 19.2 Å². The number of methoxy groups -OCH3 is 2. The van der Waals surface area contributed by atoms with Crippen LogP contribution < -0.4 is 9.47 Å². The zero-order valence-corrected chi connectivity index (χ0v) is 65.9. The molecule has 0 unspecified atom stereocenters. The molecule has 0 spiro atoms. The van der Waals surface area contributed by atoms with Gasteiger partial charge in [-0.15, -0.1) is 19.2 Å². The molecular weight excluding hydrogens is 1500 g/mol. The van der Waals surface area contributed by atoms with Gasteiger partial charge in [0.15, 0.2) is 0 Å². The maximum Gasteiger partial charge on any atom is 0.504 e. The standard InChI is InChI=1S/C21H26N2O4S2.2C17H18N2O4S2.C15H14N2O6S2/c1-20(2,3)15-7-11-17(12-8-15)28(24,25)19(23-22)29(26,27)18-13-9-16(10-14-18)21(4,5)6;1-11-5-7-15(9-13(11)3)24(20,21)17(19-18)25(22,23)16-8-6-12(2)14(4)10-16;1-11-5-7-15(13(3)9-11)24(20,21)17(19-18)25(22,23)16-8-6-12(2)10-14(16)4;1-22-11-3-7-13(8-4-11)24(18,19)15(17-16)25(20,21)14-9-5-12(23-2)6-10-14/h7-14H,1-6H3;2*5-10H,1-4H3;3-10H,1-2H3. The summed E-state index contributed by atoms with van der Waals surface area (Å²) in [5.41, 5.74) is 43.7. The lowest BCUT2D eigenvalue weighted by Gasteiger charge is -2.19. The topological polar surface area (TPSA) is 437 Å². The Morgan fingerprint density at radius 2 is 0.490 bits per heavy atom. The molecule has 0 radical (unpaired) electrons. The molecule has 552 valence electrons. The lowest BCUT2D eigenvalue weighted by molar-refractivity contribution is 0.00349. The van der Waals surface area contributed by atoms with Crippen LogP contribution in [0.15, 0.2) is 209 Å². The van der Waals surface area contributed by atoms with E-state index in [4.69, 9.17) is 15.0 Å². The summed E-state index contributed by atoms with van der Waals surface area (Å²) in [6, 6.07) is 39.1. The summed E-state index contributed by atoms with van der Waals surface area (Å²) in [5.74, 6) is 0.777. The second-order valence-corrected chi connectivity index (χ2v) is 41.3. The highest BCUT2D eigenvalue weighted by atomic mass is 32.3. The van der Waals surface area contributed by atoms with Gasteiger partial charge in [-0.2, -0.15) is 0 Å². The van der Waals surface area contributed by atoms with Crippen LogP contribution >= 0.6 is 0 Å². The van der Waals surface area contributed by atoms with Crippen molar-refractivity contribution in [3.63, 3.8) is 0 Å². The molecule has 26 nitrogen and oxygen atoms in total. The molecule has 0 aliphatic rings. The maximum atomic E-state index is 12.9. The normalized spacial score (nSPS) is 12.1. The zero-order valence-electron chi connectivity index (χ0n) is 59.4. The van der Waals surface area contributed by atoms with Gasteiger partial charge < -0.3 is 31.6 Å². The summed E-state index contributed by atoms with van der Waals surface area (Å²) in [7, 11) is -33.5. The van der Waals surface area contributed by atoms with Gasteiger partial charge in [-0.1, -0.05) is 113 Å². The molecule has 34 heteroatoms. The Balaban J connectivity index is 0.000000250. The summed E-state index contributed by atoms with van der Waals surface area (Å²) in [6.07, 6.45) is 0. The largest absolute Gasteiger partial charge is 0.504 e. The van der Waals surface area contributed by atoms with Crippen molar-refractivity contribution >= 4 is 96.2 Å². The van der Waals surface area contributed by atoms with Crippen molar-refractivity contribution < 1.29 is 96.0 Å². The number of sulfone groups is 8. The first kappa shape index (κ1) is 85.1. The van der Waals surface area contributed by atoms with Gasteiger partial charge in [0.2, 0.25) is 0 Å². The van der Waals surface area contributed by atoms with Crippen LogP contribution in [0.3, 0.4) is 0 Å². The summed E-state index contributed by atoms with van der Waals surface area (Å²) < 4.78 is 209. The number of aryl methyl sites for hydroxylation is 8. The molecule has 0 aromatic heterocycles. The predicted octanol–water partition coefficient (Wildman–Crippen LogP) is 11.2. The molecule has 0 N–H and O–H groups in total. The van der Waals surface area contributed by atoms with E-state index in [1.54, 1.807) is 116 Å². The number of hydrogen-bond donors (Lipinski definition) is 0. The smallest absolute Gasteiger partial charge is 0.497 e. The molecule has 8 aromatic rings. The quantitative estimate of drug-likeness (QED) is 0.0531. The van der Waals surface area contributed by atoms with E-state index in [0.29, 0.717) is 33.8 Å². The molecule has 0 heterocycles. The van der Waals surface area contributed by atoms with Crippen molar-refractivity contribution in [1.82, 2.24) is 0 Å². The minimum atomic E-state index is -4.57. The number of benzene rings is 8. The Morgan fingerprint density at radius 1 is 0.269 bits per heavy atom. The fourth-order valence-electron chi connectivity index (χ4n) is 9.54. The van der Waals surface area contributed by atoms with E-state index in [1.165, 1.54) is 99.1 Å². The van der Waals surface area contributed by atoms with Crippen molar-refractivity contribution in [1.29, 1.82) is 0 Å². The molecule has 0 fully saturated rings. The van der Waals surface area contributed by atoms with Crippen LogP contribution in [0.5, 0.6) is 11.5 Å². The third-order valence-corrected chi connectivity index (χ3v) is 32.8. The van der Waals surface area contributed by atoms with Gasteiger partial charge in [0.1, 0.15) is 11.5 Å². The Kier molecular flexibility index (Phi) is 26.7. The Hall–Kier alpha value is -9.52. The van der Waals surface area contributed by atoms with Gasteiger partial charge in [-0.25, -0.2) is 67.3 Å². The second kappa shape index (κ2) is 32.7. The maximum absolute atomic E-state index is 12.9. The van der Waals surface area contributed by atoms with Crippen LogP contribution in [0, 0.1) is 55.4 Å². The van der Waals surface area contributed by atoms with E-state index in [1.807, 2.05) is 41.5 Å². The fourth-order valence-corrected chi connectivity index (χ4v) is 23.5. The third-order valence-electron chi connectivity index (χ3n) is 15.8. The predicted molar refractivity (Wildman–Crippen MR) is 392 cm³/mol. The molecule has 0 amide bonds. The highest BCUT2D eigenvalue weighted by molar-refractivity contribution is 8.32. The minimum absolute atomic E-state index is 0.197. The highest BCUT2D eigenvalue weighted by Crippen LogP contribution is 2.31. The zero-order chi connectivity index (χ0) is 78.9.